The minimum atomic E-state index is -1.03. The molecule has 0 aromatic heterocycles. The fourth-order valence-electron chi connectivity index (χ4n) is 2.14. The van der Waals surface area contributed by atoms with Crippen LogP contribution >= 0.6 is 11.6 Å². The molecule has 1 aliphatic carbocycles. The molecule has 3 nitrogen and oxygen atoms in total. The Labute approximate surface area is 99.2 Å². The van der Waals surface area contributed by atoms with Crippen LogP contribution in [0.25, 0.3) is 0 Å². The SMILES string of the molecule is N[C@@]1(c2ccccc2Cl)CC[C@H](O)CC1=O. The maximum absolute atomic E-state index is 11.9. The highest BCUT2D eigenvalue weighted by molar-refractivity contribution is 6.31. The molecule has 4 heteroatoms. The van der Waals surface area contributed by atoms with Crippen LogP contribution in [0.15, 0.2) is 24.3 Å². The number of hydrogen-bond donors (Lipinski definition) is 2. The molecule has 0 saturated heterocycles. The van der Waals surface area contributed by atoms with Crippen molar-refractivity contribution >= 4 is 17.4 Å². The number of rotatable bonds is 1. The summed E-state index contributed by atoms with van der Waals surface area (Å²) in [7, 11) is 0. The van der Waals surface area contributed by atoms with Gasteiger partial charge < -0.3 is 10.8 Å². The average molecular weight is 240 g/mol. The summed E-state index contributed by atoms with van der Waals surface area (Å²) >= 11 is 6.05. The van der Waals surface area contributed by atoms with Crippen LogP contribution < -0.4 is 5.73 Å². The Hall–Kier alpha value is -0.900. The third kappa shape index (κ3) is 1.86. The molecule has 1 aromatic carbocycles. The zero-order chi connectivity index (χ0) is 11.8. The Morgan fingerprint density at radius 3 is 2.75 bits per heavy atom. The second kappa shape index (κ2) is 4.17. The monoisotopic (exact) mass is 239 g/mol. The average Bonchev–Trinajstić information content (AvgIpc) is 2.25. The van der Waals surface area contributed by atoms with Gasteiger partial charge in [-0.1, -0.05) is 29.8 Å². The van der Waals surface area contributed by atoms with Crippen LogP contribution in [0.2, 0.25) is 5.02 Å². The molecule has 2 rings (SSSR count). The van der Waals surface area contributed by atoms with E-state index < -0.39 is 11.6 Å². The van der Waals surface area contributed by atoms with E-state index in [-0.39, 0.29) is 12.2 Å². The van der Waals surface area contributed by atoms with Crippen molar-refractivity contribution in [2.75, 3.05) is 0 Å². The molecule has 0 amide bonds. The summed E-state index contributed by atoms with van der Waals surface area (Å²) in [5, 5.41) is 9.93. The molecule has 0 spiro atoms. The van der Waals surface area contributed by atoms with Crippen LogP contribution in [-0.2, 0) is 10.3 Å². The van der Waals surface area contributed by atoms with Crippen molar-refractivity contribution in [1.29, 1.82) is 0 Å². The number of benzene rings is 1. The van der Waals surface area contributed by atoms with Gasteiger partial charge in [-0.2, -0.15) is 0 Å². The van der Waals surface area contributed by atoms with Gasteiger partial charge >= 0.3 is 0 Å². The van der Waals surface area contributed by atoms with Crippen LogP contribution in [-0.4, -0.2) is 17.0 Å². The number of carbonyl (C=O) groups excluding carboxylic acids is 1. The van der Waals surface area contributed by atoms with E-state index in [0.717, 1.165) is 0 Å². The van der Waals surface area contributed by atoms with Crippen molar-refractivity contribution in [1.82, 2.24) is 0 Å². The van der Waals surface area contributed by atoms with Gasteiger partial charge in [0.15, 0.2) is 5.78 Å². The molecule has 0 bridgehead atoms. The molecule has 0 unspecified atom stereocenters. The first-order valence-electron chi connectivity index (χ1n) is 5.29. The van der Waals surface area contributed by atoms with Crippen LogP contribution in [0, 0.1) is 0 Å². The summed E-state index contributed by atoms with van der Waals surface area (Å²) in [5.74, 6) is -0.139. The van der Waals surface area contributed by atoms with E-state index in [4.69, 9.17) is 17.3 Å². The molecule has 3 N–H and O–H groups in total. The maximum atomic E-state index is 11.9. The van der Waals surface area contributed by atoms with Crippen molar-refractivity contribution in [3.63, 3.8) is 0 Å². The molecule has 16 heavy (non-hydrogen) atoms. The van der Waals surface area contributed by atoms with Gasteiger partial charge in [-0.3, -0.25) is 4.79 Å². The molecule has 1 aliphatic rings. The summed E-state index contributed by atoms with van der Waals surface area (Å²) in [6, 6.07) is 7.12. The minimum absolute atomic E-state index is 0.113. The number of aliphatic hydroxyl groups excluding tert-OH is 1. The highest BCUT2D eigenvalue weighted by atomic mass is 35.5. The number of halogens is 1. The third-order valence-corrected chi connectivity index (χ3v) is 3.47. The van der Waals surface area contributed by atoms with Crippen molar-refractivity contribution in [2.24, 2.45) is 5.73 Å². The molecule has 0 heterocycles. The normalized spacial score (nSPS) is 30.4. The lowest BCUT2D eigenvalue weighted by molar-refractivity contribution is -0.129. The van der Waals surface area contributed by atoms with E-state index >= 15 is 0 Å². The Bertz CT molecular complexity index is 421. The van der Waals surface area contributed by atoms with Gasteiger partial charge in [0.25, 0.3) is 0 Å². The van der Waals surface area contributed by atoms with E-state index in [9.17, 15) is 9.90 Å². The van der Waals surface area contributed by atoms with E-state index in [2.05, 4.69) is 0 Å². The Morgan fingerprint density at radius 2 is 2.12 bits per heavy atom. The van der Waals surface area contributed by atoms with Gasteiger partial charge in [0.2, 0.25) is 0 Å². The number of aliphatic hydroxyl groups is 1. The van der Waals surface area contributed by atoms with Crippen molar-refractivity contribution in [2.45, 2.75) is 30.9 Å². The number of ketones is 1. The van der Waals surface area contributed by atoms with Crippen molar-refractivity contribution < 1.29 is 9.90 Å². The van der Waals surface area contributed by atoms with Gasteiger partial charge in [-0.05, 0) is 24.5 Å². The fraction of sp³-hybridized carbons (Fsp3) is 0.417. The topological polar surface area (TPSA) is 63.3 Å². The molecular weight excluding hydrogens is 226 g/mol. The number of Topliss-reactive ketones (excluding diaryl/α,β-unsaturated/α-hetero) is 1. The Kier molecular flexibility index (Phi) is 3.02. The number of hydrogen-bond acceptors (Lipinski definition) is 3. The van der Waals surface area contributed by atoms with E-state index in [1.54, 1.807) is 18.2 Å². The first-order valence-corrected chi connectivity index (χ1v) is 5.67. The molecule has 1 saturated carbocycles. The van der Waals surface area contributed by atoms with Gasteiger partial charge in [0.05, 0.1) is 6.10 Å². The van der Waals surface area contributed by atoms with Crippen LogP contribution in [0.4, 0.5) is 0 Å². The Balaban J connectivity index is 2.39. The lowest BCUT2D eigenvalue weighted by atomic mass is 9.75. The standard InChI is InChI=1S/C12H14ClNO2/c13-10-4-2-1-3-9(10)12(14)6-5-8(15)7-11(12)16/h1-4,8,15H,5-7,14H2/t8-,12+/m0/s1. The second-order valence-corrected chi connectivity index (χ2v) is 4.68. The predicted molar refractivity (Wildman–Crippen MR) is 62.2 cm³/mol. The number of carbonyl (C=O) groups is 1. The quantitative estimate of drug-likeness (QED) is 0.783. The molecule has 1 aromatic rings. The van der Waals surface area contributed by atoms with Crippen molar-refractivity contribution in [3.8, 4) is 0 Å². The molecule has 1 fully saturated rings. The molecule has 2 atom stereocenters. The summed E-state index contributed by atoms with van der Waals surface area (Å²) in [4.78, 5) is 11.9. The first-order chi connectivity index (χ1) is 7.54. The van der Waals surface area contributed by atoms with Crippen molar-refractivity contribution in [3.05, 3.63) is 34.9 Å². The largest absolute Gasteiger partial charge is 0.393 e. The van der Waals surface area contributed by atoms with E-state index in [0.29, 0.717) is 23.4 Å². The van der Waals surface area contributed by atoms with Gasteiger partial charge in [0, 0.05) is 11.4 Å². The predicted octanol–water partition coefficient (Wildman–Crippen LogP) is 1.61. The fourth-order valence-corrected chi connectivity index (χ4v) is 2.44. The highest BCUT2D eigenvalue weighted by Gasteiger charge is 2.41. The van der Waals surface area contributed by atoms with Crippen LogP contribution in [0.3, 0.4) is 0 Å². The second-order valence-electron chi connectivity index (χ2n) is 4.27. The van der Waals surface area contributed by atoms with E-state index in [1.807, 2.05) is 6.07 Å². The molecular formula is C12H14ClNO2. The van der Waals surface area contributed by atoms with Gasteiger partial charge in [-0.15, -0.1) is 0 Å². The highest BCUT2D eigenvalue weighted by Crippen LogP contribution is 2.35. The van der Waals surface area contributed by atoms with Gasteiger partial charge in [0.1, 0.15) is 5.54 Å². The minimum Gasteiger partial charge on any atom is -0.393 e. The smallest absolute Gasteiger partial charge is 0.159 e. The van der Waals surface area contributed by atoms with Gasteiger partial charge in [-0.25, -0.2) is 0 Å². The lowest BCUT2D eigenvalue weighted by Gasteiger charge is -2.34. The maximum Gasteiger partial charge on any atom is 0.159 e. The van der Waals surface area contributed by atoms with Crippen LogP contribution in [0.5, 0.6) is 0 Å². The zero-order valence-corrected chi connectivity index (χ0v) is 9.57. The third-order valence-electron chi connectivity index (χ3n) is 3.14. The summed E-state index contributed by atoms with van der Waals surface area (Å²) in [5.41, 5.74) is 5.77. The lowest BCUT2D eigenvalue weighted by Crippen LogP contribution is -2.49. The zero-order valence-electron chi connectivity index (χ0n) is 8.82. The Morgan fingerprint density at radius 1 is 1.44 bits per heavy atom. The van der Waals surface area contributed by atoms with Crippen LogP contribution in [0.1, 0.15) is 24.8 Å². The molecule has 0 aliphatic heterocycles. The number of nitrogens with two attached hydrogens (primary N) is 1. The first kappa shape index (κ1) is 11.6. The molecule has 86 valence electrons. The summed E-state index contributed by atoms with van der Waals surface area (Å²) in [6.07, 6.45) is 0.526. The molecule has 0 radical (unpaired) electrons. The summed E-state index contributed by atoms with van der Waals surface area (Å²) < 4.78 is 0. The van der Waals surface area contributed by atoms with E-state index in [1.165, 1.54) is 0 Å². The summed E-state index contributed by atoms with van der Waals surface area (Å²) in [6.45, 7) is 0.